The van der Waals surface area contributed by atoms with Crippen molar-refractivity contribution in [2.75, 3.05) is 5.32 Å². The molecule has 5 rings (SSSR count). The lowest BCUT2D eigenvalue weighted by molar-refractivity contribution is -0.123. The maximum atomic E-state index is 13.5. The molecule has 0 radical (unpaired) electrons. The Kier molecular flexibility index (Phi) is 3.84. The fourth-order valence-corrected chi connectivity index (χ4v) is 4.85. The van der Waals surface area contributed by atoms with Gasteiger partial charge in [-0.3, -0.25) is 9.59 Å². The van der Waals surface area contributed by atoms with Gasteiger partial charge in [0.1, 0.15) is 22.8 Å². The van der Waals surface area contributed by atoms with E-state index >= 15 is 0 Å². The summed E-state index contributed by atoms with van der Waals surface area (Å²) in [5.41, 5.74) is 8.08. The summed E-state index contributed by atoms with van der Waals surface area (Å²) in [6.45, 7) is 2.01. The molecule has 30 heavy (non-hydrogen) atoms. The number of carbonyl (C=O) groups is 2. The van der Waals surface area contributed by atoms with Gasteiger partial charge in [-0.25, -0.2) is 0 Å². The Labute approximate surface area is 173 Å². The van der Waals surface area contributed by atoms with Crippen LogP contribution in [0.4, 0.5) is 5.69 Å². The van der Waals surface area contributed by atoms with Gasteiger partial charge in [0.25, 0.3) is 0 Å². The number of nitrogens with one attached hydrogen (secondary N) is 1. The predicted molar refractivity (Wildman–Crippen MR) is 110 cm³/mol. The summed E-state index contributed by atoms with van der Waals surface area (Å²) in [6.07, 6.45) is 0.668. The summed E-state index contributed by atoms with van der Waals surface area (Å²) in [7, 11) is 0. The zero-order valence-corrected chi connectivity index (χ0v) is 16.4. The second-order valence-corrected chi connectivity index (χ2v) is 7.94. The zero-order valence-electron chi connectivity index (χ0n) is 16.4. The van der Waals surface area contributed by atoms with E-state index in [0.717, 1.165) is 11.1 Å². The summed E-state index contributed by atoms with van der Waals surface area (Å²) >= 11 is 0. The largest absolute Gasteiger partial charge is 0.444 e. The molecular formula is C24H19N3O3. The van der Waals surface area contributed by atoms with E-state index in [0.29, 0.717) is 23.4 Å². The number of amides is 1. The fraction of sp³-hybridized carbons (Fsp3) is 0.208. The van der Waals surface area contributed by atoms with Crippen molar-refractivity contribution in [3.05, 3.63) is 88.0 Å². The molecule has 148 valence electrons. The minimum Gasteiger partial charge on any atom is -0.444 e. The highest BCUT2D eigenvalue weighted by Crippen LogP contribution is 2.55. The Balaban J connectivity index is 1.71. The minimum absolute atomic E-state index is 0.0363. The highest BCUT2D eigenvalue weighted by molar-refractivity contribution is 6.19. The quantitative estimate of drug-likeness (QED) is 0.768. The third-order valence-electron chi connectivity index (χ3n) is 6.23. The van der Waals surface area contributed by atoms with Crippen molar-refractivity contribution < 1.29 is 14.3 Å². The molecule has 0 aromatic heterocycles. The van der Waals surface area contributed by atoms with Gasteiger partial charge in [-0.2, -0.15) is 5.26 Å². The maximum Gasteiger partial charge on any atom is 0.245 e. The third kappa shape index (κ3) is 2.29. The molecule has 0 saturated carbocycles. The van der Waals surface area contributed by atoms with Crippen LogP contribution >= 0.6 is 0 Å². The number of aryl methyl sites for hydroxylation is 1. The molecule has 3 N–H and O–H groups in total. The number of anilines is 1. The van der Waals surface area contributed by atoms with Crippen molar-refractivity contribution in [1.29, 1.82) is 5.26 Å². The van der Waals surface area contributed by atoms with Crippen LogP contribution < -0.4 is 11.1 Å². The number of nitrogens with two attached hydrogens (primary N) is 1. The lowest BCUT2D eigenvalue weighted by Crippen LogP contribution is -2.47. The fourth-order valence-electron chi connectivity index (χ4n) is 4.85. The number of ether oxygens (including phenoxy) is 1. The molecule has 2 aromatic carbocycles. The average molecular weight is 397 g/mol. The van der Waals surface area contributed by atoms with Gasteiger partial charge in [-0.1, -0.05) is 48.0 Å². The van der Waals surface area contributed by atoms with Crippen molar-refractivity contribution >= 4 is 17.4 Å². The van der Waals surface area contributed by atoms with Crippen LogP contribution in [0.2, 0.25) is 0 Å². The van der Waals surface area contributed by atoms with Crippen molar-refractivity contribution in [2.24, 2.45) is 5.73 Å². The summed E-state index contributed by atoms with van der Waals surface area (Å²) in [4.78, 5) is 26.8. The zero-order chi connectivity index (χ0) is 21.0. The van der Waals surface area contributed by atoms with Crippen LogP contribution in [0.25, 0.3) is 0 Å². The van der Waals surface area contributed by atoms with Gasteiger partial charge in [-0.15, -0.1) is 0 Å². The molecule has 3 aliphatic rings. The Bertz CT molecular complexity index is 1220. The minimum atomic E-state index is -1.56. The van der Waals surface area contributed by atoms with Crippen LogP contribution in [-0.2, 0) is 19.7 Å². The normalized spacial score (nSPS) is 24.9. The number of hydrogen-bond donors (Lipinski definition) is 2. The molecule has 2 atom stereocenters. The van der Waals surface area contributed by atoms with E-state index < -0.39 is 11.3 Å². The van der Waals surface area contributed by atoms with Gasteiger partial charge in [-0.05, 0) is 24.5 Å². The van der Waals surface area contributed by atoms with E-state index in [1.165, 1.54) is 0 Å². The van der Waals surface area contributed by atoms with Gasteiger partial charge in [0.2, 0.25) is 11.8 Å². The Morgan fingerprint density at radius 2 is 1.87 bits per heavy atom. The number of fused-ring (bicyclic) bond motifs is 3. The van der Waals surface area contributed by atoms with Crippen LogP contribution in [0.3, 0.4) is 0 Å². The van der Waals surface area contributed by atoms with Crippen molar-refractivity contribution in [3.8, 4) is 6.07 Å². The summed E-state index contributed by atoms with van der Waals surface area (Å²) < 4.78 is 5.80. The number of carbonyl (C=O) groups excluding carboxylic acids is 2. The monoisotopic (exact) mass is 397 g/mol. The second kappa shape index (κ2) is 6.33. The molecule has 1 amide bonds. The van der Waals surface area contributed by atoms with Crippen LogP contribution in [-0.4, -0.2) is 11.7 Å². The first-order chi connectivity index (χ1) is 14.5. The molecule has 2 heterocycles. The summed E-state index contributed by atoms with van der Waals surface area (Å²) in [5, 5.41) is 12.7. The summed E-state index contributed by atoms with van der Waals surface area (Å²) in [6, 6.07) is 17.2. The molecule has 0 bridgehead atoms. The number of para-hydroxylation sites is 1. The van der Waals surface area contributed by atoms with E-state index in [2.05, 4.69) is 5.32 Å². The number of rotatable bonds is 1. The molecule has 6 heteroatoms. The van der Waals surface area contributed by atoms with Crippen LogP contribution in [0, 0.1) is 18.3 Å². The van der Waals surface area contributed by atoms with E-state index in [-0.39, 0.29) is 35.2 Å². The van der Waals surface area contributed by atoms with Crippen molar-refractivity contribution in [1.82, 2.24) is 0 Å². The SMILES string of the molecule is Cc1ccc(C2CC(=O)C3=C(C2)OC(N)=C(C#N)C32C(=O)Nc3ccccc32)cc1. The van der Waals surface area contributed by atoms with Crippen molar-refractivity contribution in [3.63, 3.8) is 0 Å². The molecule has 1 aliphatic carbocycles. The molecule has 0 saturated heterocycles. The number of benzene rings is 2. The lowest BCUT2D eigenvalue weighted by atomic mass is 9.63. The molecule has 1 spiro atoms. The summed E-state index contributed by atoms with van der Waals surface area (Å²) in [5.74, 6) is -0.472. The van der Waals surface area contributed by atoms with E-state index in [4.69, 9.17) is 10.5 Å². The van der Waals surface area contributed by atoms with Crippen LogP contribution in [0.15, 0.2) is 71.3 Å². The maximum absolute atomic E-state index is 13.5. The molecule has 2 aliphatic heterocycles. The van der Waals surface area contributed by atoms with E-state index in [1.54, 1.807) is 24.3 Å². The highest BCUT2D eigenvalue weighted by atomic mass is 16.5. The third-order valence-corrected chi connectivity index (χ3v) is 6.23. The number of nitriles is 1. The number of allylic oxidation sites excluding steroid dienone is 1. The lowest BCUT2D eigenvalue weighted by Gasteiger charge is -2.38. The van der Waals surface area contributed by atoms with E-state index in [1.807, 2.05) is 37.3 Å². The molecule has 0 fully saturated rings. The molecular weight excluding hydrogens is 378 g/mol. The molecule has 2 aromatic rings. The van der Waals surface area contributed by atoms with E-state index in [9.17, 15) is 14.9 Å². The number of ketones is 1. The Morgan fingerprint density at radius 3 is 2.60 bits per heavy atom. The topological polar surface area (TPSA) is 105 Å². The second-order valence-electron chi connectivity index (χ2n) is 7.94. The number of hydrogen-bond acceptors (Lipinski definition) is 5. The highest BCUT2D eigenvalue weighted by Gasteiger charge is 2.60. The van der Waals surface area contributed by atoms with Gasteiger partial charge < -0.3 is 15.8 Å². The number of Topliss-reactive ketones (excluding diaryl/α,β-unsaturated/α-hetero) is 1. The Hall–Kier alpha value is -3.85. The predicted octanol–water partition coefficient (Wildman–Crippen LogP) is 3.31. The molecule has 6 nitrogen and oxygen atoms in total. The van der Waals surface area contributed by atoms with Crippen LogP contribution in [0.1, 0.15) is 35.4 Å². The van der Waals surface area contributed by atoms with Gasteiger partial charge in [0, 0.05) is 24.1 Å². The first-order valence-electron chi connectivity index (χ1n) is 9.79. The first kappa shape index (κ1) is 18.2. The molecule has 2 unspecified atom stereocenters. The standard InChI is InChI=1S/C24H19N3O3/c1-13-6-8-14(9-7-13)15-10-19(28)21-20(11-15)30-22(26)17(12-25)24(21)16-4-2-3-5-18(16)27-23(24)29/h2-9,15H,10-11,26H2,1H3,(H,27,29). The Morgan fingerprint density at radius 1 is 1.13 bits per heavy atom. The van der Waals surface area contributed by atoms with Crippen LogP contribution in [0.5, 0.6) is 0 Å². The smallest absolute Gasteiger partial charge is 0.245 e. The number of nitrogens with zero attached hydrogens (tertiary/aromatic N) is 1. The first-order valence-corrected chi connectivity index (χ1v) is 9.79. The average Bonchev–Trinajstić information content (AvgIpc) is 3.00. The van der Waals surface area contributed by atoms with Crippen molar-refractivity contribution in [2.45, 2.75) is 31.1 Å². The van der Waals surface area contributed by atoms with Gasteiger partial charge in [0.05, 0.1) is 5.57 Å². The van der Waals surface area contributed by atoms with Gasteiger partial charge in [0.15, 0.2) is 5.78 Å². The van der Waals surface area contributed by atoms with Gasteiger partial charge >= 0.3 is 0 Å².